The number of likely N-dealkylation sites (tertiary alicyclic amines) is 1. The molecule has 2 rings (SSSR count). The van der Waals surface area contributed by atoms with E-state index in [2.05, 4.69) is 10.1 Å². The summed E-state index contributed by atoms with van der Waals surface area (Å²) in [6.45, 7) is 2.02. The quantitative estimate of drug-likeness (QED) is 0.550. The van der Waals surface area contributed by atoms with Crippen LogP contribution in [0.2, 0.25) is 0 Å². The van der Waals surface area contributed by atoms with Gasteiger partial charge in [-0.25, -0.2) is 0 Å². The second-order valence-corrected chi connectivity index (χ2v) is 6.26. The Kier molecular flexibility index (Phi) is 7.44. The van der Waals surface area contributed by atoms with Crippen molar-refractivity contribution in [2.75, 3.05) is 20.2 Å². The van der Waals surface area contributed by atoms with E-state index in [1.165, 1.54) is 7.11 Å². The third kappa shape index (κ3) is 6.21. The fourth-order valence-electron chi connectivity index (χ4n) is 2.83. The third-order valence-corrected chi connectivity index (χ3v) is 4.33. The third-order valence-electron chi connectivity index (χ3n) is 4.33. The van der Waals surface area contributed by atoms with Gasteiger partial charge in [0.1, 0.15) is 0 Å². The second-order valence-electron chi connectivity index (χ2n) is 6.26. The Balaban J connectivity index is 1.67. The van der Waals surface area contributed by atoms with Crippen LogP contribution in [0.5, 0.6) is 0 Å². The zero-order valence-electron chi connectivity index (χ0n) is 14.8. The molecule has 1 N–H and O–H groups in total. The highest BCUT2D eigenvalue weighted by molar-refractivity contribution is 5.94. The number of esters is 1. The largest absolute Gasteiger partial charge is 0.469 e. The lowest BCUT2D eigenvalue weighted by atomic mass is 10.1. The predicted octanol–water partition coefficient (Wildman–Crippen LogP) is 2.27. The lowest BCUT2D eigenvalue weighted by Crippen LogP contribution is -2.25. The van der Waals surface area contributed by atoms with Gasteiger partial charge in [-0.2, -0.15) is 0 Å². The number of unbranched alkanes of at least 4 members (excludes halogenated alkanes) is 2. The zero-order valence-corrected chi connectivity index (χ0v) is 14.8. The smallest absolute Gasteiger partial charge is 0.305 e. The van der Waals surface area contributed by atoms with E-state index in [1.54, 1.807) is 12.1 Å². The molecular weight excluding hydrogens is 320 g/mol. The lowest BCUT2D eigenvalue weighted by Gasteiger charge is -2.15. The van der Waals surface area contributed by atoms with E-state index in [0.717, 1.165) is 37.8 Å². The topological polar surface area (TPSA) is 75.7 Å². The van der Waals surface area contributed by atoms with Gasteiger partial charge in [-0.15, -0.1) is 0 Å². The van der Waals surface area contributed by atoms with Crippen LogP contribution in [0.25, 0.3) is 0 Å². The van der Waals surface area contributed by atoms with E-state index < -0.39 is 0 Å². The van der Waals surface area contributed by atoms with Crippen molar-refractivity contribution in [2.24, 2.45) is 0 Å². The summed E-state index contributed by atoms with van der Waals surface area (Å²) >= 11 is 0. The number of methoxy groups -OCH3 is 1. The van der Waals surface area contributed by atoms with Crippen molar-refractivity contribution in [1.29, 1.82) is 0 Å². The van der Waals surface area contributed by atoms with Gasteiger partial charge in [0.25, 0.3) is 5.91 Å². The maximum atomic E-state index is 12.1. The number of ether oxygens (including phenoxy) is 1. The monoisotopic (exact) mass is 346 g/mol. The summed E-state index contributed by atoms with van der Waals surface area (Å²) in [6.07, 6.45) is 4.47. The number of amides is 2. The Morgan fingerprint density at radius 1 is 1.16 bits per heavy atom. The molecular formula is C19H26N2O4. The lowest BCUT2D eigenvalue weighted by molar-refractivity contribution is -0.140. The van der Waals surface area contributed by atoms with Gasteiger partial charge in [0.05, 0.1) is 7.11 Å². The molecule has 1 heterocycles. The van der Waals surface area contributed by atoms with Crippen LogP contribution >= 0.6 is 0 Å². The maximum Gasteiger partial charge on any atom is 0.305 e. The van der Waals surface area contributed by atoms with Crippen LogP contribution in [-0.4, -0.2) is 42.9 Å². The highest BCUT2D eigenvalue weighted by Gasteiger charge is 2.19. The molecule has 136 valence electrons. The van der Waals surface area contributed by atoms with Crippen molar-refractivity contribution in [3.8, 4) is 0 Å². The van der Waals surface area contributed by atoms with Gasteiger partial charge in [0, 0.05) is 38.0 Å². The molecule has 1 aliphatic rings. The first-order chi connectivity index (χ1) is 12.1. The van der Waals surface area contributed by atoms with Gasteiger partial charge in [0.15, 0.2) is 0 Å². The van der Waals surface area contributed by atoms with Crippen molar-refractivity contribution in [2.45, 2.75) is 45.1 Å². The molecule has 0 radical (unpaired) electrons. The molecule has 6 nitrogen and oxygen atoms in total. The SMILES string of the molecule is COC(=O)CCCCCNC(=O)c1ccc(CN2CCCC2=O)cc1. The molecule has 0 atom stereocenters. The van der Waals surface area contributed by atoms with E-state index in [4.69, 9.17) is 0 Å². The molecule has 0 aliphatic carbocycles. The van der Waals surface area contributed by atoms with E-state index in [1.807, 2.05) is 17.0 Å². The van der Waals surface area contributed by atoms with Crippen LogP contribution in [0.1, 0.15) is 54.4 Å². The standard InChI is InChI=1S/C19H26N2O4/c1-25-18(23)7-3-2-4-12-20-19(24)16-10-8-15(9-11-16)14-21-13-5-6-17(21)22/h8-11H,2-7,12-14H2,1H3,(H,20,24). The van der Waals surface area contributed by atoms with Crippen LogP contribution in [0, 0.1) is 0 Å². The molecule has 1 aliphatic heterocycles. The summed E-state index contributed by atoms with van der Waals surface area (Å²) in [4.78, 5) is 36.6. The number of carbonyl (C=O) groups excluding carboxylic acids is 3. The highest BCUT2D eigenvalue weighted by atomic mass is 16.5. The number of rotatable bonds is 9. The molecule has 0 aromatic heterocycles. The fraction of sp³-hybridized carbons (Fsp3) is 0.526. The summed E-state index contributed by atoms with van der Waals surface area (Å²) in [5.74, 6) is -0.0921. The van der Waals surface area contributed by atoms with Crippen molar-refractivity contribution in [1.82, 2.24) is 10.2 Å². The molecule has 1 fully saturated rings. The van der Waals surface area contributed by atoms with Gasteiger partial charge >= 0.3 is 5.97 Å². The van der Waals surface area contributed by atoms with Gasteiger partial charge < -0.3 is 15.0 Å². The number of benzene rings is 1. The van der Waals surface area contributed by atoms with Crippen LogP contribution < -0.4 is 5.32 Å². The van der Waals surface area contributed by atoms with E-state index in [-0.39, 0.29) is 17.8 Å². The van der Waals surface area contributed by atoms with Gasteiger partial charge in [-0.05, 0) is 37.0 Å². The first kappa shape index (κ1) is 19.0. The summed E-state index contributed by atoms with van der Waals surface area (Å²) < 4.78 is 4.58. The van der Waals surface area contributed by atoms with Crippen molar-refractivity contribution in [3.05, 3.63) is 35.4 Å². The number of hydrogen-bond acceptors (Lipinski definition) is 4. The van der Waals surface area contributed by atoms with Crippen LogP contribution in [-0.2, 0) is 20.9 Å². The highest BCUT2D eigenvalue weighted by Crippen LogP contribution is 2.14. The first-order valence-corrected chi connectivity index (χ1v) is 8.82. The van der Waals surface area contributed by atoms with Crippen LogP contribution in [0.4, 0.5) is 0 Å². The summed E-state index contributed by atoms with van der Waals surface area (Å²) in [5, 5.41) is 2.88. The van der Waals surface area contributed by atoms with Crippen LogP contribution in [0.15, 0.2) is 24.3 Å². The number of nitrogens with one attached hydrogen (secondary N) is 1. The minimum atomic E-state index is -0.195. The maximum absolute atomic E-state index is 12.1. The number of hydrogen-bond donors (Lipinski definition) is 1. The second kappa shape index (κ2) is 9.81. The Morgan fingerprint density at radius 3 is 2.56 bits per heavy atom. The van der Waals surface area contributed by atoms with Gasteiger partial charge in [0.2, 0.25) is 5.91 Å². The number of carbonyl (C=O) groups is 3. The van der Waals surface area contributed by atoms with E-state index in [0.29, 0.717) is 31.5 Å². The minimum absolute atomic E-state index is 0.100. The molecule has 25 heavy (non-hydrogen) atoms. The van der Waals surface area contributed by atoms with Gasteiger partial charge in [-0.3, -0.25) is 14.4 Å². The molecule has 0 spiro atoms. The molecule has 0 unspecified atom stereocenters. The zero-order chi connectivity index (χ0) is 18.1. The Morgan fingerprint density at radius 2 is 1.92 bits per heavy atom. The molecule has 1 aromatic rings. The molecule has 0 saturated carbocycles. The molecule has 1 aromatic carbocycles. The normalized spacial score (nSPS) is 13.8. The number of nitrogens with zero attached hydrogens (tertiary/aromatic N) is 1. The van der Waals surface area contributed by atoms with Crippen molar-refractivity contribution >= 4 is 17.8 Å². The molecule has 2 amide bonds. The Bertz CT molecular complexity index is 598. The van der Waals surface area contributed by atoms with Gasteiger partial charge in [-0.1, -0.05) is 18.6 Å². The summed E-state index contributed by atoms with van der Waals surface area (Å²) in [7, 11) is 1.39. The van der Waals surface area contributed by atoms with E-state index >= 15 is 0 Å². The van der Waals surface area contributed by atoms with Crippen molar-refractivity contribution in [3.63, 3.8) is 0 Å². The van der Waals surface area contributed by atoms with Crippen LogP contribution in [0.3, 0.4) is 0 Å². The van der Waals surface area contributed by atoms with E-state index in [9.17, 15) is 14.4 Å². The van der Waals surface area contributed by atoms with Crippen molar-refractivity contribution < 1.29 is 19.1 Å². The minimum Gasteiger partial charge on any atom is -0.469 e. The molecule has 6 heteroatoms. The Labute approximate surface area is 148 Å². The molecule has 0 bridgehead atoms. The molecule has 1 saturated heterocycles. The average molecular weight is 346 g/mol. The fourth-order valence-corrected chi connectivity index (χ4v) is 2.83. The first-order valence-electron chi connectivity index (χ1n) is 8.82. The average Bonchev–Trinajstić information content (AvgIpc) is 3.02. The summed E-state index contributed by atoms with van der Waals surface area (Å²) in [6, 6.07) is 7.39. The summed E-state index contributed by atoms with van der Waals surface area (Å²) in [5.41, 5.74) is 1.65. The Hall–Kier alpha value is -2.37. The predicted molar refractivity (Wildman–Crippen MR) is 93.9 cm³/mol.